The average molecular weight is 234 g/mol. The Morgan fingerprint density at radius 1 is 1.06 bits per heavy atom. The van der Waals surface area contributed by atoms with Crippen LogP contribution in [0.1, 0.15) is 27.7 Å². The summed E-state index contributed by atoms with van der Waals surface area (Å²) >= 11 is 0. The molecule has 0 unspecified atom stereocenters. The minimum Gasteiger partial charge on any atom is -0.386 e. The van der Waals surface area contributed by atoms with E-state index in [0.717, 1.165) is 5.57 Å². The molecule has 0 N–H and O–H groups in total. The Labute approximate surface area is 102 Å². The lowest BCUT2D eigenvalue weighted by atomic mass is 10.1. The second-order valence-electron chi connectivity index (χ2n) is 3.96. The summed E-state index contributed by atoms with van der Waals surface area (Å²) in [5, 5.41) is 0. The molecule has 0 aliphatic rings. The van der Waals surface area contributed by atoms with E-state index in [2.05, 4.69) is 17.9 Å². The number of carbonyl (C=O) groups is 2. The van der Waals surface area contributed by atoms with Crippen LogP contribution in [0.5, 0.6) is 0 Å². The molecule has 92 valence electrons. The Bertz CT molecular complexity index is 419. The van der Waals surface area contributed by atoms with E-state index >= 15 is 0 Å². The predicted octanol–water partition coefficient (Wildman–Crippen LogP) is 3.10. The van der Waals surface area contributed by atoms with Gasteiger partial charge < -0.3 is 4.74 Å². The van der Waals surface area contributed by atoms with E-state index < -0.39 is 11.9 Å². The largest absolute Gasteiger partial charge is 0.386 e. The molecule has 0 heterocycles. The third kappa shape index (κ3) is 5.11. The maximum Gasteiger partial charge on any atom is 0.342 e. The van der Waals surface area contributed by atoms with Gasteiger partial charge in [-0.1, -0.05) is 30.9 Å². The van der Waals surface area contributed by atoms with Gasteiger partial charge in [0.2, 0.25) is 0 Å². The van der Waals surface area contributed by atoms with Gasteiger partial charge in [-0.25, -0.2) is 9.59 Å². The molecule has 0 atom stereocenters. The standard InChI is InChI=1S/C14H18O3/c1-7-12(8-9(2)3)11(6)14(16)17-13(15)10(4)5/h7-8H,1,4H2,2-3,5-6H3. The molecule has 0 aliphatic heterocycles. The lowest BCUT2D eigenvalue weighted by molar-refractivity contribution is -0.153. The number of carbonyl (C=O) groups excluding carboxylic acids is 2. The van der Waals surface area contributed by atoms with Gasteiger partial charge in [0.15, 0.2) is 0 Å². The molecule has 0 fully saturated rings. The molecule has 3 heteroatoms. The average Bonchev–Trinajstić information content (AvgIpc) is 2.24. The van der Waals surface area contributed by atoms with Crippen molar-refractivity contribution in [3.8, 4) is 0 Å². The van der Waals surface area contributed by atoms with Crippen LogP contribution in [-0.4, -0.2) is 11.9 Å². The van der Waals surface area contributed by atoms with Crippen molar-refractivity contribution in [2.75, 3.05) is 0 Å². The Kier molecular flexibility index (Phi) is 5.89. The molecule has 0 radical (unpaired) electrons. The second-order valence-corrected chi connectivity index (χ2v) is 3.96. The first kappa shape index (κ1) is 15.1. The van der Waals surface area contributed by atoms with E-state index in [1.54, 1.807) is 19.1 Å². The third-order valence-corrected chi connectivity index (χ3v) is 1.94. The van der Waals surface area contributed by atoms with Crippen LogP contribution in [0.4, 0.5) is 0 Å². The van der Waals surface area contributed by atoms with Gasteiger partial charge in [-0.05, 0) is 33.3 Å². The Balaban J connectivity index is 5.07. The van der Waals surface area contributed by atoms with Gasteiger partial charge in [0.25, 0.3) is 0 Å². The maximum atomic E-state index is 11.6. The van der Waals surface area contributed by atoms with Gasteiger partial charge in [0, 0.05) is 11.1 Å². The van der Waals surface area contributed by atoms with E-state index in [1.807, 2.05) is 13.8 Å². The molecule has 17 heavy (non-hydrogen) atoms. The van der Waals surface area contributed by atoms with Gasteiger partial charge in [0.1, 0.15) is 0 Å². The van der Waals surface area contributed by atoms with Crippen LogP contribution in [-0.2, 0) is 14.3 Å². The number of rotatable bonds is 4. The summed E-state index contributed by atoms with van der Waals surface area (Å²) in [4.78, 5) is 22.8. The van der Waals surface area contributed by atoms with E-state index in [4.69, 9.17) is 0 Å². The minimum atomic E-state index is -0.713. The molecule has 0 rings (SSSR count). The second kappa shape index (κ2) is 6.63. The SMILES string of the molecule is C=CC(C=C(C)C)=C(C)C(=O)OC(=O)C(=C)C. The van der Waals surface area contributed by atoms with E-state index in [1.165, 1.54) is 6.92 Å². The molecular formula is C14H18O3. The van der Waals surface area contributed by atoms with Crippen molar-refractivity contribution in [3.63, 3.8) is 0 Å². The monoisotopic (exact) mass is 234 g/mol. The summed E-state index contributed by atoms with van der Waals surface area (Å²) in [5.74, 6) is -1.39. The highest BCUT2D eigenvalue weighted by Gasteiger charge is 2.14. The minimum absolute atomic E-state index is 0.188. The topological polar surface area (TPSA) is 43.4 Å². The lowest BCUT2D eigenvalue weighted by Gasteiger charge is -2.05. The third-order valence-electron chi connectivity index (χ3n) is 1.94. The number of hydrogen-bond donors (Lipinski definition) is 0. The van der Waals surface area contributed by atoms with Crippen molar-refractivity contribution in [2.24, 2.45) is 0 Å². The smallest absolute Gasteiger partial charge is 0.342 e. The molecule has 0 aliphatic carbocycles. The normalized spacial score (nSPS) is 11.1. The number of hydrogen-bond acceptors (Lipinski definition) is 3. The Morgan fingerprint density at radius 3 is 1.94 bits per heavy atom. The van der Waals surface area contributed by atoms with E-state index in [9.17, 15) is 9.59 Å². The zero-order valence-electron chi connectivity index (χ0n) is 10.8. The molecule has 0 saturated heterocycles. The van der Waals surface area contributed by atoms with Crippen LogP contribution in [0.25, 0.3) is 0 Å². The number of allylic oxidation sites excluding steroid dienone is 4. The summed E-state index contributed by atoms with van der Waals surface area (Å²) in [7, 11) is 0. The van der Waals surface area contributed by atoms with Crippen LogP contribution >= 0.6 is 0 Å². The van der Waals surface area contributed by atoms with E-state index in [0.29, 0.717) is 11.1 Å². The zero-order valence-corrected chi connectivity index (χ0v) is 10.8. The first-order chi connectivity index (χ1) is 7.79. The molecule has 0 aromatic rings. The summed E-state index contributed by atoms with van der Waals surface area (Å²) in [6.07, 6.45) is 3.35. The molecule has 0 aromatic carbocycles. The predicted molar refractivity (Wildman–Crippen MR) is 68.2 cm³/mol. The molecule has 0 saturated carbocycles. The molecule has 0 bridgehead atoms. The zero-order chi connectivity index (χ0) is 13.6. The van der Waals surface area contributed by atoms with Gasteiger partial charge in [-0.15, -0.1) is 0 Å². The quantitative estimate of drug-likeness (QED) is 0.325. The van der Waals surface area contributed by atoms with Gasteiger partial charge in [-0.2, -0.15) is 0 Å². The highest BCUT2D eigenvalue weighted by Crippen LogP contribution is 2.12. The summed E-state index contributed by atoms with van der Waals surface area (Å²) in [5.41, 5.74) is 2.20. The first-order valence-electron chi connectivity index (χ1n) is 5.19. The molecule has 3 nitrogen and oxygen atoms in total. The maximum absolute atomic E-state index is 11.6. The van der Waals surface area contributed by atoms with Crippen molar-refractivity contribution in [1.82, 2.24) is 0 Å². The Hall–Kier alpha value is -1.90. The fraction of sp³-hybridized carbons (Fsp3) is 0.286. The van der Waals surface area contributed by atoms with Crippen molar-refractivity contribution in [3.05, 3.63) is 47.6 Å². The van der Waals surface area contributed by atoms with Crippen LogP contribution in [0, 0.1) is 0 Å². The number of ether oxygens (including phenoxy) is 1. The van der Waals surface area contributed by atoms with Crippen molar-refractivity contribution < 1.29 is 14.3 Å². The molecule has 0 amide bonds. The van der Waals surface area contributed by atoms with Gasteiger partial charge >= 0.3 is 11.9 Å². The van der Waals surface area contributed by atoms with Gasteiger partial charge in [0.05, 0.1) is 0 Å². The van der Waals surface area contributed by atoms with Crippen molar-refractivity contribution in [1.29, 1.82) is 0 Å². The van der Waals surface area contributed by atoms with Crippen LogP contribution in [0.2, 0.25) is 0 Å². The Morgan fingerprint density at radius 2 is 1.59 bits per heavy atom. The summed E-state index contributed by atoms with van der Waals surface area (Å²) < 4.78 is 4.63. The highest BCUT2D eigenvalue weighted by atomic mass is 16.6. The molecular weight excluding hydrogens is 216 g/mol. The van der Waals surface area contributed by atoms with Crippen LogP contribution < -0.4 is 0 Å². The van der Waals surface area contributed by atoms with Gasteiger partial charge in [-0.3, -0.25) is 0 Å². The first-order valence-corrected chi connectivity index (χ1v) is 5.19. The summed E-state index contributed by atoms with van der Waals surface area (Å²) in [6, 6.07) is 0. The van der Waals surface area contributed by atoms with Crippen LogP contribution in [0.15, 0.2) is 47.6 Å². The highest BCUT2D eigenvalue weighted by molar-refractivity contribution is 6.01. The molecule has 0 aromatic heterocycles. The van der Waals surface area contributed by atoms with Crippen molar-refractivity contribution in [2.45, 2.75) is 27.7 Å². The fourth-order valence-corrected chi connectivity index (χ4v) is 0.997. The van der Waals surface area contributed by atoms with E-state index in [-0.39, 0.29) is 5.57 Å². The molecule has 0 spiro atoms. The fourth-order valence-electron chi connectivity index (χ4n) is 0.997. The van der Waals surface area contributed by atoms with Crippen molar-refractivity contribution >= 4 is 11.9 Å². The number of esters is 2. The summed E-state index contributed by atoms with van der Waals surface area (Å²) in [6.45, 7) is 13.9. The van der Waals surface area contributed by atoms with Crippen LogP contribution in [0.3, 0.4) is 0 Å². The lowest BCUT2D eigenvalue weighted by Crippen LogP contribution is -2.14.